The summed E-state index contributed by atoms with van der Waals surface area (Å²) < 4.78 is 0. The van der Waals surface area contributed by atoms with E-state index in [-0.39, 0.29) is 0 Å². The largest absolute Gasteiger partial charge is 0.481 e. The smallest absolute Gasteiger partial charge is 0.309 e. The van der Waals surface area contributed by atoms with Crippen LogP contribution in [-0.4, -0.2) is 22.1 Å². The van der Waals surface area contributed by atoms with Crippen molar-refractivity contribution in [3.8, 4) is 0 Å². The normalized spacial score (nSPS) is 14.6. The summed E-state index contributed by atoms with van der Waals surface area (Å²) in [6, 6.07) is 0. The summed E-state index contributed by atoms with van der Waals surface area (Å²) >= 11 is 1.74. The van der Waals surface area contributed by atoms with E-state index in [1.54, 1.807) is 25.6 Å². The number of thioether (sulfide) groups is 1. The van der Waals surface area contributed by atoms with Crippen LogP contribution in [0.1, 0.15) is 34.6 Å². The van der Waals surface area contributed by atoms with Crippen LogP contribution in [0.4, 0.5) is 0 Å². The molecule has 0 fully saturated rings. The molecule has 13 heavy (non-hydrogen) atoms. The quantitative estimate of drug-likeness (QED) is 0.748. The first kappa shape index (κ1) is 12.8. The minimum atomic E-state index is -0.712. The SMILES string of the molecule is CC(C)C(C)SCC(C)(C)C(=O)O. The molecular formula is C10H20O2S. The van der Waals surface area contributed by atoms with Gasteiger partial charge in [-0.15, -0.1) is 0 Å². The van der Waals surface area contributed by atoms with Crippen molar-refractivity contribution >= 4 is 17.7 Å². The molecule has 2 nitrogen and oxygen atoms in total. The number of hydrogen-bond acceptors (Lipinski definition) is 2. The zero-order valence-electron chi connectivity index (χ0n) is 9.13. The summed E-state index contributed by atoms with van der Waals surface area (Å²) in [6.45, 7) is 10.0. The lowest BCUT2D eigenvalue weighted by Gasteiger charge is -2.22. The van der Waals surface area contributed by atoms with Gasteiger partial charge in [0.1, 0.15) is 0 Å². The highest BCUT2D eigenvalue weighted by atomic mass is 32.2. The highest BCUT2D eigenvalue weighted by Crippen LogP contribution is 2.27. The molecule has 0 aromatic carbocycles. The molecule has 0 aliphatic carbocycles. The molecule has 78 valence electrons. The second-order valence-corrected chi connectivity index (χ2v) is 5.81. The molecule has 0 amide bonds. The van der Waals surface area contributed by atoms with E-state index in [4.69, 9.17) is 5.11 Å². The van der Waals surface area contributed by atoms with Gasteiger partial charge < -0.3 is 5.11 Å². The van der Waals surface area contributed by atoms with Crippen LogP contribution in [0.3, 0.4) is 0 Å². The molecule has 0 saturated heterocycles. The Balaban J connectivity index is 3.95. The molecule has 1 N–H and O–H groups in total. The standard InChI is InChI=1S/C10H20O2S/c1-7(2)8(3)13-6-10(4,5)9(11)12/h7-8H,6H2,1-5H3,(H,11,12). The summed E-state index contributed by atoms with van der Waals surface area (Å²) in [5.74, 6) is 0.576. The van der Waals surface area contributed by atoms with Gasteiger partial charge in [-0.3, -0.25) is 4.79 Å². The van der Waals surface area contributed by atoms with Crippen molar-refractivity contribution in [2.75, 3.05) is 5.75 Å². The lowest BCUT2D eigenvalue weighted by Crippen LogP contribution is -2.27. The average molecular weight is 204 g/mol. The van der Waals surface area contributed by atoms with E-state index in [2.05, 4.69) is 20.8 Å². The van der Waals surface area contributed by atoms with Crippen molar-refractivity contribution in [1.29, 1.82) is 0 Å². The van der Waals surface area contributed by atoms with Gasteiger partial charge in [-0.2, -0.15) is 11.8 Å². The summed E-state index contributed by atoms with van der Waals surface area (Å²) in [6.07, 6.45) is 0. The Hall–Kier alpha value is -0.180. The molecule has 0 bridgehead atoms. The Kier molecular flexibility index (Phi) is 4.82. The van der Waals surface area contributed by atoms with Crippen LogP contribution in [0, 0.1) is 11.3 Å². The molecule has 3 heteroatoms. The maximum atomic E-state index is 10.8. The van der Waals surface area contributed by atoms with Gasteiger partial charge in [-0.05, 0) is 19.8 Å². The molecule has 0 aliphatic rings. The maximum absolute atomic E-state index is 10.8. The molecule has 0 heterocycles. The van der Waals surface area contributed by atoms with Crippen molar-refractivity contribution in [2.45, 2.75) is 39.9 Å². The van der Waals surface area contributed by atoms with Gasteiger partial charge in [-0.25, -0.2) is 0 Å². The zero-order chi connectivity index (χ0) is 10.6. The summed E-state index contributed by atoms with van der Waals surface area (Å²) in [4.78, 5) is 10.8. The first-order chi connectivity index (χ1) is 5.77. The third-order valence-electron chi connectivity index (χ3n) is 2.22. The van der Waals surface area contributed by atoms with Crippen LogP contribution in [0.15, 0.2) is 0 Å². The Morgan fingerprint density at radius 3 is 2.15 bits per heavy atom. The molecule has 0 aromatic heterocycles. The first-order valence-corrected chi connectivity index (χ1v) is 5.67. The van der Waals surface area contributed by atoms with Crippen molar-refractivity contribution in [1.82, 2.24) is 0 Å². The van der Waals surface area contributed by atoms with Crippen molar-refractivity contribution < 1.29 is 9.90 Å². The van der Waals surface area contributed by atoms with E-state index in [1.807, 2.05) is 0 Å². The second-order valence-electron chi connectivity index (χ2n) is 4.45. The van der Waals surface area contributed by atoms with Crippen molar-refractivity contribution in [2.24, 2.45) is 11.3 Å². The predicted octanol–water partition coefficient (Wildman–Crippen LogP) is 2.87. The Labute approximate surface area is 85.1 Å². The maximum Gasteiger partial charge on any atom is 0.309 e. The fourth-order valence-corrected chi connectivity index (χ4v) is 1.78. The predicted molar refractivity (Wildman–Crippen MR) is 58.2 cm³/mol. The van der Waals surface area contributed by atoms with E-state index in [0.29, 0.717) is 16.9 Å². The summed E-state index contributed by atoms with van der Waals surface area (Å²) in [7, 11) is 0. The highest BCUT2D eigenvalue weighted by molar-refractivity contribution is 7.99. The number of hydrogen-bond donors (Lipinski definition) is 1. The van der Waals surface area contributed by atoms with Crippen LogP contribution >= 0.6 is 11.8 Å². The van der Waals surface area contributed by atoms with Gasteiger partial charge >= 0.3 is 5.97 Å². The first-order valence-electron chi connectivity index (χ1n) is 4.62. The van der Waals surface area contributed by atoms with Gasteiger partial charge in [0.2, 0.25) is 0 Å². The summed E-state index contributed by atoms with van der Waals surface area (Å²) in [5, 5.41) is 9.41. The third-order valence-corrected chi connectivity index (χ3v) is 4.18. The van der Waals surface area contributed by atoms with E-state index in [1.165, 1.54) is 0 Å². The minimum Gasteiger partial charge on any atom is -0.481 e. The van der Waals surface area contributed by atoms with Crippen molar-refractivity contribution in [3.63, 3.8) is 0 Å². The van der Waals surface area contributed by atoms with E-state index in [9.17, 15) is 4.79 Å². The average Bonchev–Trinajstić information content (AvgIpc) is 1.99. The second kappa shape index (κ2) is 4.89. The molecular weight excluding hydrogens is 184 g/mol. The minimum absolute atomic E-state index is 0.527. The zero-order valence-corrected chi connectivity index (χ0v) is 9.94. The highest BCUT2D eigenvalue weighted by Gasteiger charge is 2.27. The molecule has 0 saturated carbocycles. The molecule has 1 unspecified atom stereocenters. The van der Waals surface area contributed by atoms with Crippen LogP contribution in [0.5, 0.6) is 0 Å². The van der Waals surface area contributed by atoms with Gasteiger partial charge in [0.25, 0.3) is 0 Å². The Bertz CT molecular complexity index is 176. The monoisotopic (exact) mass is 204 g/mol. The molecule has 0 aromatic rings. The van der Waals surface area contributed by atoms with E-state index in [0.717, 1.165) is 0 Å². The van der Waals surface area contributed by atoms with E-state index < -0.39 is 11.4 Å². The molecule has 0 rings (SSSR count). The molecule has 1 atom stereocenters. The van der Waals surface area contributed by atoms with Gasteiger partial charge in [-0.1, -0.05) is 20.8 Å². The number of carbonyl (C=O) groups is 1. The number of carboxylic acids is 1. The Morgan fingerprint density at radius 1 is 1.38 bits per heavy atom. The number of rotatable bonds is 5. The fourth-order valence-electron chi connectivity index (χ4n) is 0.594. The topological polar surface area (TPSA) is 37.3 Å². The van der Waals surface area contributed by atoms with Crippen molar-refractivity contribution in [3.05, 3.63) is 0 Å². The van der Waals surface area contributed by atoms with Crippen LogP contribution in [0.2, 0.25) is 0 Å². The summed E-state index contributed by atoms with van der Waals surface area (Å²) in [5.41, 5.74) is -0.603. The number of aliphatic carboxylic acids is 1. The fraction of sp³-hybridized carbons (Fsp3) is 0.900. The lowest BCUT2D eigenvalue weighted by molar-refractivity contribution is -0.145. The van der Waals surface area contributed by atoms with Gasteiger partial charge in [0.15, 0.2) is 0 Å². The van der Waals surface area contributed by atoms with Gasteiger partial charge in [0.05, 0.1) is 5.41 Å². The van der Waals surface area contributed by atoms with Crippen LogP contribution in [-0.2, 0) is 4.79 Å². The van der Waals surface area contributed by atoms with E-state index >= 15 is 0 Å². The molecule has 0 aliphatic heterocycles. The Morgan fingerprint density at radius 2 is 1.85 bits per heavy atom. The van der Waals surface area contributed by atoms with Crippen LogP contribution < -0.4 is 0 Å². The number of carboxylic acid groups (broad SMARTS) is 1. The third kappa shape index (κ3) is 4.55. The molecule has 0 radical (unpaired) electrons. The van der Waals surface area contributed by atoms with Gasteiger partial charge in [0, 0.05) is 11.0 Å². The lowest BCUT2D eigenvalue weighted by atomic mass is 9.97. The van der Waals surface area contributed by atoms with Crippen LogP contribution in [0.25, 0.3) is 0 Å². The molecule has 0 spiro atoms.